The van der Waals surface area contributed by atoms with Crippen LogP contribution in [-0.2, 0) is 19.6 Å². The minimum absolute atomic E-state index is 0.0229. The molecule has 9 nitrogen and oxygen atoms in total. The van der Waals surface area contributed by atoms with Crippen molar-refractivity contribution >= 4 is 33.5 Å². The summed E-state index contributed by atoms with van der Waals surface area (Å²) < 4.78 is 30.0. The van der Waals surface area contributed by atoms with Gasteiger partial charge in [-0.2, -0.15) is 0 Å². The fourth-order valence-corrected chi connectivity index (χ4v) is 3.23. The third kappa shape index (κ3) is 5.62. The van der Waals surface area contributed by atoms with E-state index in [-0.39, 0.29) is 17.0 Å². The number of methoxy groups -OCH3 is 1. The lowest BCUT2D eigenvalue weighted by molar-refractivity contribution is -0.115. The molecule has 2 aromatic rings. The second-order valence-electron chi connectivity index (χ2n) is 6.12. The van der Waals surface area contributed by atoms with Gasteiger partial charge in [-0.3, -0.25) is 9.59 Å². The Hall–Kier alpha value is -3.24. The number of carbonyl (C=O) groups excluding carboxylic acids is 3. The number of carbonyl (C=O) groups is 3. The maximum atomic E-state index is 12.3. The van der Waals surface area contributed by atoms with Gasteiger partial charge in [0.2, 0.25) is 15.9 Å². The molecule has 29 heavy (non-hydrogen) atoms. The molecule has 2 N–H and O–H groups in total. The minimum Gasteiger partial charge on any atom is -0.465 e. The van der Waals surface area contributed by atoms with Crippen LogP contribution in [0.1, 0.15) is 20.7 Å². The summed E-state index contributed by atoms with van der Waals surface area (Å²) in [5.74, 6) is -1.56. The van der Waals surface area contributed by atoms with E-state index in [1.165, 1.54) is 69.7 Å². The number of sulfonamides is 1. The molecule has 0 aliphatic carbocycles. The molecule has 0 aromatic heterocycles. The van der Waals surface area contributed by atoms with E-state index < -0.39 is 27.8 Å². The molecule has 0 radical (unpaired) electrons. The quantitative estimate of drug-likeness (QED) is 0.648. The lowest BCUT2D eigenvalue weighted by Crippen LogP contribution is -2.33. The molecule has 2 aromatic carbocycles. The van der Waals surface area contributed by atoms with Crippen LogP contribution in [0, 0.1) is 0 Å². The number of nitrogens with zero attached hydrogens (tertiary/aromatic N) is 1. The van der Waals surface area contributed by atoms with Crippen molar-refractivity contribution in [2.24, 2.45) is 0 Å². The van der Waals surface area contributed by atoms with Crippen molar-refractivity contribution in [1.82, 2.24) is 9.62 Å². The van der Waals surface area contributed by atoms with Crippen LogP contribution in [0.2, 0.25) is 0 Å². The van der Waals surface area contributed by atoms with Crippen molar-refractivity contribution in [3.8, 4) is 0 Å². The predicted octanol–water partition coefficient (Wildman–Crippen LogP) is 1.09. The van der Waals surface area contributed by atoms with Crippen molar-refractivity contribution in [1.29, 1.82) is 0 Å². The average molecular weight is 419 g/mol. The molecular formula is C19H21N3O6S. The number of hydrogen-bond donors (Lipinski definition) is 2. The Morgan fingerprint density at radius 3 is 2.24 bits per heavy atom. The zero-order chi connectivity index (χ0) is 21.6. The number of hydrogen-bond acceptors (Lipinski definition) is 6. The van der Waals surface area contributed by atoms with Gasteiger partial charge < -0.3 is 15.4 Å². The van der Waals surface area contributed by atoms with E-state index in [1.807, 2.05) is 0 Å². The Morgan fingerprint density at radius 1 is 1.00 bits per heavy atom. The van der Waals surface area contributed by atoms with Crippen LogP contribution in [0.5, 0.6) is 0 Å². The lowest BCUT2D eigenvalue weighted by Gasteiger charge is -2.12. The van der Waals surface area contributed by atoms with Gasteiger partial charge in [0, 0.05) is 25.3 Å². The van der Waals surface area contributed by atoms with Crippen molar-refractivity contribution in [3.63, 3.8) is 0 Å². The van der Waals surface area contributed by atoms with E-state index in [0.717, 1.165) is 4.31 Å². The van der Waals surface area contributed by atoms with Crippen LogP contribution in [0.4, 0.5) is 5.69 Å². The first-order valence-corrected chi connectivity index (χ1v) is 9.88. The van der Waals surface area contributed by atoms with Gasteiger partial charge in [-0.25, -0.2) is 17.5 Å². The molecule has 154 valence electrons. The maximum absolute atomic E-state index is 12.3. The molecular weight excluding hydrogens is 398 g/mol. The highest BCUT2D eigenvalue weighted by molar-refractivity contribution is 7.89. The molecule has 0 spiro atoms. The number of amides is 2. The Bertz CT molecular complexity index is 1020. The zero-order valence-electron chi connectivity index (χ0n) is 16.1. The molecule has 2 rings (SSSR count). The molecule has 0 aliphatic rings. The Labute approximate surface area is 168 Å². The van der Waals surface area contributed by atoms with Crippen LogP contribution in [0.3, 0.4) is 0 Å². The summed E-state index contributed by atoms with van der Waals surface area (Å²) in [4.78, 5) is 35.6. The van der Waals surface area contributed by atoms with Gasteiger partial charge in [0.25, 0.3) is 5.91 Å². The summed E-state index contributed by atoms with van der Waals surface area (Å²) in [6, 6.07) is 11.6. The summed E-state index contributed by atoms with van der Waals surface area (Å²) in [5.41, 5.74) is 0.894. The first-order valence-electron chi connectivity index (χ1n) is 8.44. The summed E-state index contributed by atoms with van der Waals surface area (Å²) in [5, 5.41) is 5.01. The molecule has 0 aliphatic heterocycles. The minimum atomic E-state index is -3.68. The molecule has 0 unspecified atom stereocenters. The smallest absolute Gasteiger partial charge is 0.337 e. The van der Waals surface area contributed by atoms with Crippen molar-refractivity contribution < 1.29 is 27.5 Å². The maximum Gasteiger partial charge on any atom is 0.337 e. The fourth-order valence-electron chi connectivity index (χ4n) is 2.28. The van der Waals surface area contributed by atoms with Gasteiger partial charge in [-0.05, 0) is 42.5 Å². The lowest BCUT2D eigenvalue weighted by atomic mass is 10.2. The monoisotopic (exact) mass is 419 g/mol. The highest BCUT2D eigenvalue weighted by atomic mass is 32.2. The molecule has 0 fully saturated rings. The molecule has 0 heterocycles. The second kappa shape index (κ2) is 9.30. The first-order chi connectivity index (χ1) is 13.6. The van der Waals surface area contributed by atoms with Crippen LogP contribution in [-0.4, -0.2) is 58.3 Å². The first kappa shape index (κ1) is 22.1. The van der Waals surface area contributed by atoms with Crippen LogP contribution in [0.25, 0.3) is 0 Å². The van der Waals surface area contributed by atoms with Gasteiger partial charge in [-0.15, -0.1) is 0 Å². The van der Waals surface area contributed by atoms with Crippen LogP contribution in [0.15, 0.2) is 53.4 Å². The molecule has 2 amide bonds. The number of ether oxygens (including phenoxy) is 1. The predicted molar refractivity (Wildman–Crippen MR) is 106 cm³/mol. The normalized spacial score (nSPS) is 11.0. The molecule has 0 bridgehead atoms. The largest absolute Gasteiger partial charge is 0.465 e. The highest BCUT2D eigenvalue weighted by Gasteiger charge is 2.19. The van der Waals surface area contributed by atoms with Gasteiger partial charge in [0.05, 0.1) is 24.1 Å². The topological polar surface area (TPSA) is 122 Å². The zero-order valence-corrected chi connectivity index (χ0v) is 16.9. The van der Waals surface area contributed by atoms with Gasteiger partial charge in [0.15, 0.2) is 0 Å². The molecule has 0 saturated heterocycles. The van der Waals surface area contributed by atoms with Crippen molar-refractivity contribution in [2.45, 2.75) is 4.90 Å². The summed E-state index contributed by atoms with van der Waals surface area (Å²) >= 11 is 0. The third-order valence-corrected chi connectivity index (χ3v) is 5.69. The standard InChI is InChI=1S/C19H21N3O6S/c1-22(2)29(26,27)16-6-4-5-14(11-16)18(24)20-12-17(23)21-15-9-7-13(8-10-15)19(25)28-3/h4-11H,12H2,1-3H3,(H,20,24)(H,21,23). The van der Waals surface area contributed by atoms with Crippen molar-refractivity contribution in [3.05, 3.63) is 59.7 Å². The second-order valence-corrected chi connectivity index (χ2v) is 8.27. The molecule has 10 heteroatoms. The summed E-state index contributed by atoms with van der Waals surface area (Å²) in [6.07, 6.45) is 0. The Kier molecular flexibility index (Phi) is 7.08. The van der Waals surface area contributed by atoms with Gasteiger partial charge in [-0.1, -0.05) is 6.07 Å². The van der Waals surface area contributed by atoms with Gasteiger partial charge >= 0.3 is 5.97 Å². The van der Waals surface area contributed by atoms with Crippen molar-refractivity contribution in [2.75, 3.05) is 33.1 Å². The SMILES string of the molecule is COC(=O)c1ccc(NC(=O)CNC(=O)c2cccc(S(=O)(=O)N(C)C)c2)cc1. The number of rotatable bonds is 7. The molecule has 0 atom stereocenters. The summed E-state index contributed by atoms with van der Waals surface area (Å²) in [7, 11) is 0.381. The average Bonchev–Trinajstić information content (AvgIpc) is 2.72. The number of benzene rings is 2. The highest BCUT2D eigenvalue weighted by Crippen LogP contribution is 2.15. The Balaban J connectivity index is 1.97. The molecule has 0 saturated carbocycles. The van der Waals surface area contributed by atoms with Gasteiger partial charge in [0.1, 0.15) is 0 Å². The van der Waals surface area contributed by atoms with Crippen LogP contribution < -0.4 is 10.6 Å². The van der Waals surface area contributed by atoms with E-state index in [2.05, 4.69) is 15.4 Å². The fraction of sp³-hybridized carbons (Fsp3) is 0.211. The number of nitrogens with one attached hydrogen (secondary N) is 2. The van der Waals surface area contributed by atoms with Crippen LogP contribution >= 0.6 is 0 Å². The van der Waals surface area contributed by atoms with E-state index in [9.17, 15) is 22.8 Å². The third-order valence-electron chi connectivity index (χ3n) is 3.87. The van der Waals surface area contributed by atoms with E-state index in [0.29, 0.717) is 11.3 Å². The Morgan fingerprint density at radius 2 is 1.66 bits per heavy atom. The van der Waals surface area contributed by atoms with E-state index in [4.69, 9.17) is 0 Å². The summed E-state index contributed by atoms with van der Waals surface area (Å²) in [6.45, 7) is -0.317. The van der Waals surface area contributed by atoms with E-state index >= 15 is 0 Å². The number of esters is 1. The number of anilines is 1. The van der Waals surface area contributed by atoms with E-state index in [1.54, 1.807) is 0 Å².